The van der Waals surface area contributed by atoms with Crippen molar-refractivity contribution in [3.8, 4) is 11.1 Å². The second kappa shape index (κ2) is 11.3. The van der Waals surface area contributed by atoms with Crippen LogP contribution in [-0.4, -0.2) is 46.3 Å². The molecule has 7 heteroatoms. The molecule has 1 fully saturated rings. The summed E-state index contributed by atoms with van der Waals surface area (Å²) in [5.74, 6) is 0.0281. The van der Waals surface area contributed by atoms with Crippen molar-refractivity contribution in [1.82, 2.24) is 9.97 Å². The number of hydrogen-bond acceptors (Lipinski definition) is 6. The summed E-state index contributed by atoms with van der Waals surface area (Å²) in [6.07, 6.45) is 1.88. The Bertz CT molecular complexity index is 1480. The summed E-state index contributed by atoms with van der Waals surface area (Å²) < 4.78 is 6.24. The molecule has 1 aromatic carbocycles. The van der Waals surface area contributed by atoms with Crippen LogP contribution in [0.4, 0.5) is 11.5 Å². The van der Waals surface area contributed by atoms with Crippen LogP contribution >= 0.6 is 0 Å². The molecule has 7 nitrogen and oxygen atoms in total. The number of nitrogens with zero attached hydrogens (tertiary/aromatic N) is 4. The Kier molecular flexibility index (Phi) is 8.10. The number of carbonyl (C=O) groups is 1. The fourth-order valence-electron chi connectivity index (χ4n) is 6.36. The zero-order chi connectivity index (χ0) is 30.4. The molecule has 3 aromatic rings. The standard InChI is InChI=1S/C35H46N4O3/c1-22-10-9-11-28(36-22)39-17-14-25-20-26(12-13-27(25)21-39)29-23(2)37-24(3)30(32(33(40)41)42-34(4,5)6)31(29)38-18-15-35(7,8)16-19-38/h9-13,20,32H,14-19,21H2,1-8H3,(H,40,41)/t32-/m0/s1. The molecule has 0 aliphatic carbocycles. The number of hydrogen-bond donors (Lipinski definition) is 1. The van der Waals surface area contributed by atoms with Gasteiger partial charge in [0, 0.05) is 54.4 Å². The van der Waals surface area contributed by atoms with E-state index >= 15 is 0 Å². The van der Waals surface area contributed by atoms with Crippen LogP contribution in [0.5, 0.6) is 0 Å². The van der Waals surface area contributed by atoms with E-state index in [4.69, 9.17) is 14.7 Å². The van der Waals surface area contributed by atoms with Gasteiger partial charge in [-0.2, -0.15) is 0 Å². The first-order chi connectivity index (χ1) is 19.7. The molecule has 0 unspecified atom stereocenters. The molecule has 224 valence electrons. The van der Waals surface area contributed by atoms with Crippen molar-refractivity contribution in [3.63, 3.8) is 0 Å². The molecule has 2 aliphatic rings. The molecular formula is C35H46N4O3. The van der Waals surface area contributed by atoms with Crippen molar-refractivity contribution >= 4 is 17.5 Å². The molecule has 2 aromatic heterocycles. The van der Waals surface area contributed by atoms with Gasteiger partial charge in [0.05, 0.1) is 11.3 Å². The number of carboxylic acid groups (broad SMARTS) is 1. The van der Waals surface area contributed by atoms with E-state index in [1.54, 1.807) is 0 Å². The van der Waals surface area contributed by atoms with Gasteiger partial charge < -0.3 is 19.6 Å². The van der Waals surface area contributed by atoms with E-state index in [9.17, 15) is 9.90 Å². The molecule has 0 saturated carbocycles. The number of aromatic nitrogens is 2. The Hall–Kier alpha value is -3.45. The third-order valence-corrected chi connectivity index (χ3v) is 8.67. The number of piperidine rings is 1. The molecule has 1 atom stereocenters. The maximum atomic E-state index is 12.8. The van der Waals surface area contributed by atoms with Gasteiger partial charge in [-0.05, 0) is 95.0 Å². The van der Waals surface area contributed by atoms with Gasteiger partial charge >= 0.3 is 5.97 Å². The third-order valence-electron chi connectivity index (χ3n) is 8.67. The van der Waals surface area contributed by atoms with Crippen LogP contribution in [0.3, 0.4) is 0 Å². The third kappa shape index (κ3) is 6.31. The highest BCUT2D eigenvalue weighted by atomic mass is 16.5. The Morgan fingerprint density at radius 2 is 1.67 bits per heavy atom. The van der Waals surface area contributed by atoms with Gasteiger partial charge in [0.2, 0.25) is 0 Å². The minimum absolute atomic E-state index is 0.256. The number of fused-ring (bicyclic) bond motifs is 1. The van der Waals surface area contributed by atoms with E-state index in [-0.39, 0.29) is 5.41 Å². The van der Waals surface area contributed by atoms with Gasteiger partial charge in [-0.1, -0.05) is 38.1 Å². The molecule has 0 radical (unpaired) electrons. The number of rotatable bonds is 6. The first kappa shape index (κ1) is 30.0. The Morgan fingerprint density at radius 3 is 2.31 bits per heavy atom. The van der Waals surface area contributed by atoms with E-state index in [0.29, 0.717) is 11.3 Å². The van der Waals surface area contributed by atoms with Crippen molar-refractivity contribution < 1.29 is 14.6 Å². The lowest BCUT2D eigenvalue weighted by Crippen LogP contribution is -2.39. The van der Waals surface area contributed by atoms with Crippen LogP contribution in [0.15, 0.2) is 36.4 Å². The molecule has 42 heavy (non-hydrogen) atoms. The number of pyridine rings is 2. The van der Waals surface area contributed by atoms with Gasteiger partial charge in [0.25, 0.3) is 0 Å². The number of aryl methyl sites for hydroxylation is 3. The summed E-state index contributed by atoms with van der Waals surface area (Å²) in [7, 11) is 0. The fourth-order valence-corrected chi connectivity index (χ4v) is 6.36. The van der Waals surface area contributed by atoms with Crippen LogP contribution in [0.25, 0.3) is 11.1 Å². The van der Waals surface area contributed by atoms with Gasteiger partial charge in [0.1, 0.15) is 5.82 Å². The minimum atomic E-state index is -1.12. The summed E-state index contributed by atoms with van der Waals surface area (Å²) >= 11 is 0. The average Bonchev–Trinajstić information content (AvgIpc) is 2.90. The number of aliphatic carboxylic acids is 1. The van der Waals surface area contributed by atoms with Crippen molar-refractivity contribution in [3.05, 3.63) is 70.2 Å². The van der Waals surface area contributed by atoms with E-state index in [1.165, 1.54) is 11.1 Å². The summed E-state index contributed by atoms with van der Waals surface area (Å²) in [5, 5.41) is 10.5. The summed E-state index contributed by atoms with van der Waals surface area (Å²) in [6, 6.07) is 12.9. The van der Waals surface area contributed by atoms with Crippen LogP contribution in [-0.2, 0) is 22.5 Å². The van der Waals surface area contributed by atoms with Crippen LogP contribution < -0.4 is 9.80 Å². The molecule has 0 amide bonds. The van der Waals surface area contributed by atoms with Crippen molar-refractivity contribution in [2.75, 3.05) is 29.4 Å². The first-order valence-electron chi connectivity index (χ1n) is 15.2. The Balaban J connectivity index is 1.62. The molecule has 0 bridgehead atoms. The van der Waals surface area contributed by atoms with E-state index in [1.807, 2.05) is 40.7 Å². The second-order valence-electron chi connectivity index (χ2n) is 13.8. The SMILES string of the molecule is Cc1cccc(N2CCc3cc(-c4c(C)nc(C)c([C@H](OC(C)(C)C)C(=O)O)c4N4CCC(C)(C)CC4)ccc3C2)n1. The van der Waals surface area contributed by atoms with Crippen LogP contribution in [0.2, 0.25) is 0 Å². The number of benzene rings is 1. The average molecular weight is 571 g/mol. The smallest absolute Gasteiger partial charge is 0.337 e. The lowest BCUT2D eigenvalue weighted by atomic mass is 9.81. The molecular weight excluding hydrogens is 524 g/mol. The summed E-state index contributed by atoms with van der Waals surface area (Å²) in [4.78, 5) is 27.2. The van der Waals surface area contributed by atoms with Gasteiger partial charge in [-0.25, -0.2) is 9.78 Å². The lowest BCUT2D eigenvalue weighted by molar-refractivity contribution is -0.160. The number of anilines is 2. The number of ether oxygens (including phenoxy) is 1. The van der Waals surface area contributed by atoms with Gasteiger partial charge in [-0.15, -0.1) is 0 Å². The van der Waals surface area contributed by atoms with E-state index in [0.717, 1.165) is 79.5 Å². The molecule has 2 aliphatic heterocycles. The van der Waals surface area contributed by atoms with E-state index in [2.05, 4.69) is 60.9 Å². The normalized spacial score (nSPS) is 17.6. The fraction of sp³-hybridized carbons (Fsp3) is 0.514. The molecule has 0 spiro atoms. The van der Waals surface area contributed by atoms with Crippen molar-refractivity contribution in [2.45, 2.75) is 92.9 Å². The highest BCUT2D eigenvalue weighted by Gasteiger charge is 2.36. The highest BCUT2D eigenvalue weighted by Crippen LogP contribution is 2.45. The quantitative estimate of drug-likeness (QED) is 0.336. The maximum absolute atomic E-state index is 12.8. The Labute approximate surface area is 250 Å². The summed E-state index contributed by atoms with van der Waals surface area (Å²) in [6.45, 7) is 19.8. The topological polar surface area (TPSA) is 78.8 Å². The zero-order valence-corrected chi connectivity index (χ0v) is 26.5. The van der Waals surface area contributed by atoms with Crippen LogP contribution in [0, 0.1) is 26.2 Å². The zero-order valence-electron chi connectivity index (χ0n) is 26.5. The van der Waals surface area contributed by atoms with Crippen molar-refractivity contribution in [1.29, 1.82) is 0 Å². The largest absolute Gasteiger partial charge is 0.479 e. The maximum Gasteiger partial charge on any atom is 0.337 e. The van der Waals surface area contributed by atoms with Gasteiger partial charge in [0.15, 0.2) is 6.10 Å². The lowest BCUT2D eigenvalue weighted by Gasteiger charge is -2.41. The predicted molar refractivity (Wildman–Crippen MR) is 169 cm³/mol. The molecule has 1 saturated heterocycles. The minimum Gasteiger partial charge on any atom is -0.479 e. The molecule has 5 rings (SSSR count). The summed E-state index contributed by atoms with van der Waals surface area (Å²) in [5.41, 5.74) is 8.64. The van der Waals surface area contributed by atoms with Gasteiger partial charge in [-0.3, -0.25) is 4.98 Å². The molecule has 1 N–H and O–H groups in total. The highest BCUT2D eigenvalue weighted by molar-refractivity contribution is 5.88. The second-order valence-corrected chi connectivity index (χ2v) is 13.8. The number of carboxylic acids is 1. The first-order valence-corrected chi connectivity index (χ1v) is 15.2. The monoisotopic (exact) mass is 570 g/mol. The Morgan fingerprint density at radius 1 is 0.952 bits per heavy atom. The van der Waals surface area contributed by atoms with Crippen LogP contribution in [0.1, 0.15) is 87.3 Å². The van der Waals surface area contributed by atoms with E-state index < -0.39 is 17.7 Å². The molecule has 4 heterocycles. The van der Waals surface area contributed by atoms with Crippen molar-refractivity contribution in [2.24, 2.45) is 5.41 Å². The predicted octanol–water partition coefficient (Wildman–Crippen LogP) is 7.20.